The highest BCUT2D eigenvalue weighted by Crippen LogP contribution is 2.29. The Morgan fingerprint density at radius 2 is 2.00 bits per heavy atom. The topological polar surface area (TPSA) is 33.1 Å². The summed E-state index contributed by atoms with van der Waals surface area (Å²) >= 11 is 2.97. The highest BCUT2D eigenvalue weighted by atomic mass is 79.9. The van der Waals surface area contributed by atoms with Gasteiger partial charge in [0.1, 0.15) is 0 Å². The maximum absolute atomic E-state index is 13.4. The van der Waals surface area contributed by atoms with Crippen molar-refractivity contribution in [3.63, 3.8) is 0 Å². The second-order valence-corrected chi connectivity index (χ2v) is 5.29. The zero-order valence-corrected chi connectivity index (χ0v) is 12.5. The number of pyridine rings is 1. The molecule has 2 nitrogen and oxygen atoms in total. The fourth-order valence-electron chi connectivity index (χ4n) is 1.89. The van der Waals surface area contributed by atoms with Crippen molar-refractivity contribution < 1.29 is 13.9 Å². The molecule has 0 spiro atoms. The van der Waals surface area contributed by atoms with E-state index in [0.717, 1.165) is 18.1 Å². The summed E-state index contributed by atoms with van der Waals surface area (Å²) in [5.74, 6) is -1.94. The minimum Gasteiger partial charge on any atom is -0.388 e. The first-order valence-electron chi connectivity index (χ1n) is 6.28. The number of hydrogen-bond acceptors (Lipinski definition) is 2. The summed E-state index contributed by atoms with van der Waals surface area (Å²) in [6.07, 6.45) is 1.94. The van der Waals surface area contributed by atoms with Crippen molar-refractivity contribution in [2.45, 2.75) is 25.9 Å². The van der Waals surface area contributed by atoms with Crippen molar-refractivity contribution in [2.75, 3.05) is 0 Å². The van der Waals surface area contributed by atoms with E-state index in [2.05, 4.69) is 20.9 Å². The molecule has 1 aromatic heterocycles. The summed E-state index contributed by atoms with van der Waals surface area (Å²) < 4.78 is 26.4. The van der Waals surface area contributed by atoms with E-state index in [1.54, 1.807) is 6.20 Å². The van der Waals surface area contributed by atoms with Gasteiger partial charge in [0.05, 0.1) is 10.6 Å². The van der Waals surface area contributed by atoms with Gasteiger partial charge in [-0.25, -0.2) is 8.78 Å². The highest BCUT2D eigenvalue weighted by Gasteiger charge is 2.18. The number of halogens is 3. The lowest BCUT2D eigenvalue weighted by atomic mass is 10.0. The van der Waals surface area contributed by atoms with Gasteiger partial charge in [-0.1, -0.05) is 19.1 Å². The fraction of sp³-hybridized carbons (Fsp3) is 0.267. The average molecular weight is 342 g/mol. The number of hydrogen-bond donors (Lipinski definition) is 1. The maximum atomic E-state index is 13.4. The predicted octanol–water partition coefficient (Wildman–Crippen LogP) is 3.96. The van der Waals surface area contributed by atoms with Crippen LogP contribution in [0.5, 0.6) is 0 Å². The minimum absolute atomic E-state index is 0.0461. The number of aliphatic hydroxyl groups is 1. The third kappa shape index (κ3) is 3.22. The highest BCUT2D eigenvalue weighted by molar-refractivity contribution is 9.10. The van der Waals surface area contributed by atoms with Crippen LogP contribution in [-0.4, -0.2) is 10.1 Å². The molecule has 2 rings (SSSR count). The van der Waals surface area contributed by atoms with Gasteiger partial charge >= 0.3 is 0 Å². The third-order valence-corrected chi connectivity index (χ3v) is 3.93. The Morgan fingerprint density at radius 1 is 1.25 bits per heavy atom. The summed E-state index contributed by atoms with van der Waals surface area (Å²) in [6, 6.07) is 6.14. The van der Waals surface area contributed by atoms with Crippen LogP contribution in [0.2, 0.25) is 0 Å². The predicted molar refractivity (Wildman–Crippen MR) is 76.3 cm³/mol. The number of rotatable bonds is 4. The molecule has 0 radical (unpaired) electrons. The standard InChI is InChI=1S/C15H14BrF2NO/c1-2-9-3-4-10(19-8-9)7-13(20)11-5-6-12(17)15(18)14(11)16/h3-6,8,13,20H,2,7H2,1H3. The van der Waals surface area contributed by atoms with E-state index in [0.29, 0.717) is 11.3 Å². The summed E-state index contributed by atoms with van der Waals surface area (Å²) in [5, 5.41) is 10.1. The molecule has 20 heavy (non-hydrogen) atoms. The van der Waals surface area contributed by atoms with Gasteiger partial charge in [-0.15, -0.1) is 0 Å². The molecule has 0 aliphatic heterocycles. The SMILES string of the molecule is CCc1ccc(CC(O)c2ccc(F)c(F)c2Br)nc1. The van der Waals surface area contributed by atoms with Gasteiger partial charge in [0.2, 0.25) is 0 Å². The van der Waals surface area contributed by atoms with Crippen LogP contribution in [0.25, 0.3) is 0 Å². The number of nitrogens with zero attached hydrogens (tertiary/aromatic N) is 1. The van der Waals surface area contributed by atoms with Crippen molar-refractivity contribution in [1.82, 2.24) is 4.98 Å². The van der Waals surface area contributed by atoms with Gasteiger partial charge in [0.25, 0.3) is 0 Å². The smallest absolute Gasteiger partial charge is 0.173 e. The Labute approximate surface area is 124 Å². The Morgan fingerprint density at radius 3 is 2.60 bits per heavy atom. The molecular weight excluding hydrogens is 328 g/mol. The van der Waals surface area contributed by atoms with Gasteiger partial charge in [0.15, 0.2) is 11.6 Å². The quantitative estimate of drug-likeness (QED) is 0.854. The molecule has 0 aliphatic carbocycles. The summed E-state index contributed by atoms with van der Waals surface area (Å²) in [4.78, 5) is 4.24. The molecule has 0 aliphatic rings. The Balaban J connectivity index is 2.19. The molecule has 1 heterocycles. The monoisotopic (exact) mass is 341 g/mol. The van der Waals surface area contributed by atoms with Gasteiger partial charge < -0.3 is 5.11 Å². The van der Waals surface area contributed by atoms with Crippen molar-refractivity contribution in [3.05, 3.63) is 63.4 Å². The molecule has 1 aromatic carbocycles. The summed E-state index contributed by atoms with van der Waals surface area (Å²) in [5.41, 5.74) is 2.12. The number of aromatic nitrogens is 1. The first-order valence-corrected chi connectivity index (χ1v) is 7.07. The zero-order valence-electron chi connectivity index (χ0n) is 10.9. The molecule has 2 aromatic rings. The van der Waals surface area contributed by atoms with Crippen LogP contribution >= 0.6 is 15.9 Å². The van der Waals surface area contributed by atoms with E-state index in [-0.39, 0.29) is 10.9 Å². The van der Waals surface area contributed by atoms with Crippen LogP contribution in [0, 0.1) is 11.6 Å². The van der Waals surface area contributed by atoms with Crippen molar-refractivity contribution >= 4 is 15.9 Å². The fourth-order valence-corrected chi connectivity index (χ4v) is 2.48. The number of aryl methyl sites for hydroxylation is 1. The Bertz CT molecular complexity index is 602. The number of aliphatic hydroxyl groups excluding tert-OH is 1. The normalized spacial score (nSPS) is 12.4. The van der Waals surface area contributed by atoms with Crippen LogP contribution < -0.4 is 0 Å². The summed E-state index contributed by atoms with van der Waals surface area (Å²) in [7, 11) is 0. The molecule has 106 valence electrons. The molecule has 0 bridgehead atoms. The van der Waals surface area contributed by atoms with E-state index in [1.807, 2.05) is 19.1 Å². The molecule has 0 fully saturated rings. The van der Waals surface area contributed by atoms with E-state index in [4.69, 9.17) is 0 Å². The van der Waals surface area contributed by atoms with E-state index in [9.17, 15) is 13.9 Å². The van der Waals surface area contributed by atoms with E-state index in [1.165, 1.54) is 6.07 Å². The second-order valence-electron chi connectivity index (χ2n) is 4.50. The lowest BCUT2D eigenvalue weighted by Gasteiger charge is -2.13. The average Bonchev–Trinajstić information content (AvgIpc) is 2.45. The molecule has 0 amide bonds. The van der Waals surface area contributed by atoms with Crippen LogP contribution in [0.3, 0.4) is 0 Å². The minimum atomic E-state index is -0.990. The Hall–Kier alpha value is -1.33. The van der Waals surface area contributed by atoms with Gasteiger partial charge in [0, 0.05) is 18.3 Å². The van der Waals surface area contributed by atoms with Crippen LogP contribution in [0.15, 0.2) is 34.9 Å². The maximum Gasteiger partial charge on any atom is 0.173 e. The van der Waals surface area contributed by atoms with Gasteiger partial charge in [-0.3, -0.25) is 4.98 Å². The zero-order chi connectivity index (χ0) is 14.7. The third-order valence-electron chi connectivity index (χ3n) is 3.12. The van der Waals surface area contributed by atoms with Crippen LogP contribution in [-0.2, 0) is 12.8 Å². The van der Waals surface area contributed by atoms with Gasteiger partial charge in [-0.2, -0.15) is 0 Å². The molecule has 1 unspecified atom stereocenters. The van der Waals surface area contributed by atoms with Crippen LogP contribution in [0.4, 0.5) is 8.78 Å². The summed E-state index contributed by atoms with van der Waals surface area (Å²) in [6.45, 7) is 2.03. The molecule has 0 saturated carbocycles. The largest absolute Gasteiger partial charge is 0.388 e. The second kappa shape index (κ2) is 6.41. The van der Waals surface area contributed by atoms with E-state index >= 15 is 0 Å². The molecule has 0 saturated heterocycles. The molecule has 1 N–H and O–H groups in total. The first kappa shape index (κ1) is 15.1. The van der Waals surface area contributed by atoms with E-state index < -0.39 is 17.7 Å². The molecular formula is C15H14BrF2NO. The lowest BCUT2D eigenvalue weighted by molar-refractivity contribution is 0.175. The Kier molecular flexibility index (Phi) is 4.83. The van der Waals surface area contributed by atoms with Crippen molar-refractivity contribution in [2.24, 2.45) is 0 Å². The lowest BCUT2D eigenvalue weighted by Crippen LogP contribution is -2.06. The van der Waals surface area contributed by atoms with Gasteiger partial charge in [-0.05, 0) is 45.6 Å². The van der Waals surface area contributed by atoms with Crippen LogP contribution in [0.1, 0.15) is 29.8 Å². The van der Waals surface area contributed by atoms with Crippen molar-refractivity contribution in [1.29, 1.82) is 0 Å². The first-order chi connectivity index (χ1) is 9.52. The number of benzene rings is 1. The van der Waals surface area contributed by atoms with Crippen molar-refractivity contribution in [3.8, 4) is 0 Å². The molecule has 1 atom stereocenters. The molecule has 5 heteroatoms.